The van der Waals surface area contributed by atoms with Crippen molar-refractivity contribution < 1.29 is 9.90 Å². The lowest BCUT2D eigenvalue weighted by atomic mass is 10.1. The second-order valence-corrected chi connectivity index (χ2v) is 4.42. The van der Waals surface area contributed by atoms with Gasteiger partial charge in [0, 0.05) is 23.3 Å². The van der Waals surface area contributed by atoms with Gasteiger partial charge in [0.05, 0.1) is 11.1 Å². The summed E-state index contributed by atoms with van der Waals surface area (Å²) in [6.45, 7) is 0. The minimum Gasteiger partial charge on any atom is -0.508 e. The summed E-state index contributed by atoms with van der Waals surface area (Å²) in [5.41, 5.74) is 1.87. The van der Waals surface area contributed by atoms with Crippen molar-refractivity contribution in [2.45, 2.75) is 0 Å². The molecule has 0 saturated heterocycles. The molecule has 4 heteroatoms. The van der Waals surface area contributed by atoms with E-state index in [1.165, 1.54) is 6.07 Å². The van der Waals surface area contributed by atoms with E-state index in [1.54, 1.807) is 30.5 Å². The van der Waals surface area contributed by atoms with E-state index in [0.29, 0.717) is 11.3 Å². The minimum atomic E-state index is -0.256. The molecule has 2 N–H and O–H groups in total. The number of nitrogens with zero attached hydrogens (tertiary/aromatic N) is 1. The number of carbonyl (C=O) groups excluding carboxylic acids is 1. The number of carbonyl (C=O) groups is 1. The first-order valence-electron chi connectivity index (χ1n) is 6.17. The molecular formula is C16H12N2O2. The molecule has 20 heavy (non-hydrogen) atoms. The van der Waals surface area contributed by atoms with Crippen molar-refractivity contribution in [1.82, 2.24) is 4.98 Å². The summed E-state index contributed by atoms with van der Waals surface area (Å²) in [5.74, 6) is -0.145. The number of aromatic hydroxyl groups is 1. The number of hydrogen-bond donors (Lipinski definition) is 2. The Bertz CT molecular complexity index is 784. The molecule has 0 spiro atoms. The molecule has 4 nitrogen and oxygen atoms in total. The number of benzene rings is 2. The summed E-state index contributed by atoms with van der Waals surface area (Å²) in [4.78, 5) is 16.4. The number of amides is 1. The van der Waals surface area contributed by atoms with Crippen LogP contribution in [0.25, 0.3) is 10.9 Å². The number of rotatable bonds is 2. The quantitative estimate of drug-likeness (QED) is 0.747. The van der Waals surface area contributed by atoms with Crippen molar-refractivity contribution in [2.75, 3.05) is 5.32 Å². The Balaban J connectivity index is 1.88. The van der Waals surface area contributed by atoms with E-state index < -0.39 is 0 Å². The van der Waals surface area contributed by atoms with Crippen molar-refractivity contribution in [1.29, 1.82) is 0 Å². The first-order valence-corrected chi connectivity index (χ1v) is 6.17. The molecule has 0 fully saturated rings. The molecule has 0 saturated carbocycles. The maximum atomic E-state index is 12.1. The average molecular weight is 264 g/mol. The molecule has 3 rings (SSSR count). The third-order valence-corrected chi connectivity index (χ3v) is 2.96. The molecule has 0 atom stereocenters. The lowest BCUT2D eigenvalue weighted by molar-refractivity contribution is 0.102. The van der Waals surface area contributed by atoms with E-state index in [1.807, 2.05) is 24.3 Å². The predicted molar refractivity (Wildman–Crippen MR) is 77.8 cm³/mol. The van der Waals surface area contributed by atoms with Gasteiger partial charge in [-0.05, 0) is 24.3 Å². The number of fused-ring (bicyclic) bond motifs is 1. The minimum absolute atomic E-state index is 0.111. The van der Waals surface area contributed by atoms with Crippen LogP contribution in [0.1, 0.15) is 10.4 Å². The van der Waals surface area contributed by atoms with Crippen LogP contribution in [0.3, 0.4) is 0 Å². The van der Waals surface area contributed by atoms with E-state index >= 15 is 0 Å². The van der Waals surface area contributed by atoms with Crippen LogP contribution in [-0.4, -0.2) is 16.0 Å². The average Bonchev–Trinajstić information content (AvgIpc) is 2.47. The molecule has 1 aromatic heterocycles. The normalized spacial score (nSPS) is 10.4. The Labute approximate surface area is 115 Å². The van der Waals surface area contributed by atoms with Crippen LogP contribution < -0.4 is 5.32 Å². The number of hydrogen-bond acceptors (Lipinski definition) is 3. The van der Waals surface area contributed by atoms with E-state index in [-0.39, 0.29) is 11.7 Å². The van der Waals surface area contributed by atoms with E-state index in [2.05, 4.69) is 10.3 Å². The van der Waals surface area contributed by atoms with Gasteiger partial charge < -0.3 is 10.4 Å². The number of aromatic nitrogens is 1. The highest BCUT2D eigenvalue weighted by Crippen LogP contribution is 2.17. The summed E-state index contributed by atoms with van der Waals surface area (Å²) in [6.07, 6.45) is 1.54. The van der Waals surface area contributed by atoms with Crippen LogP contribution in [0.15, 0.2) is 60.8 Å². The highest BCUT2D eigenvalue weighted by atomic mass is 16.3. The molecule has 0 radical (unpaired) electrons. The van der Waals surface area contributed by atoms with E-state index in [4.69, 9.17) is 0 Å². The van der Waals surface area contributed by atoms with Gasteiger partial charge in [-0.15, -0.1) is 0 Å². The van der Waals surface area contributed by atoms with Crippen molar-refractivity contribution in [3.05, 3.63) is 66.4 Å². The Kier molecular flexibility index (Phi) is 3.05. The van der Waals surface area contributed by atoms with Gasteiger partial charge in [0.1, 0.15) is 5.75 Å². The first kappa shape index (κ1) is 12.2. The van der Waals surface area contributed by atoms with Gasteiger partial charge in [-0.1, -0.05) is 24.3 Å². The van der Waals surface area contributed by atoms with Gasteiger partial charge in [-0.2, -0.15) is 0 Å². The summed E-state index contributed by atoms with van der Waals surface area (Å²) in [5, 5.41) is 13.0. The zero-order valence-corrected chi connectivity index (χ0v) is 10.6. The molecule has 3 aromatic rings. The van der Waals surface area contributed by atoms with Gasteiger partial charge in [0.2, 0.25) is 0 Å². The topological polar surface area (TPSA) is 62.2 Å². The zero-order valence-electron chi connectivity index (χ0n) is 10.6. The Morgan fingerprint density at radius 3 is 2.75 bits per heavy atom. The van der Waals surface area contributed by atoms with Crippen molar-refractivity contribution in [2.24, 2.45) is 0 Å². The zero-order chi connectivity index (χ0) is 13.9. The highest BCUT2D eigenvalue weighted by molar-refractivity contribution is 6.05. The van der Waals surface area contributed by atoms with Gasteiger partial charge in [0.25, 0.3) is 5.91 Å². The third-order valence-electron chi connectivity index (χ3n) is 2.96. The molecule has 2 aromatic carbocycles. The number of phenolic OH excluding ortho intramolecular Hbond substituents is 1. The van der Waals surface area contributed by atoms with Gasteiger partial charge in [-0.3, -0.25) is 9.78 Å². The van der Waals surface area contributed by atoms with Crippen molar-refractivity contribution in [3.63, 3.8) is 0 Å². The van der Waals surface area contributed by atoms with Gasteiger partial charge in [0.15, 0.2) is 0 Å². The van der Waals surface area contributed by atoms with Crippen LogP contribution in [0.2, 0.25) is 0 Å². The largest absolute Gasteiger partial charge is 0.508 e. The monoisotopic (exact) mass is 264 g/mol. The molecular weight excluding hydrogens is 252 g/mol. The number of nitrogens with one attached hydrogen (secondary N) is 1. The molecule has 1 amide bonds. The standard InChI is InChI=1S/C16H12N2O2/c19-14-6-3-5-13(9-14)18-16(20)12-8-11-4-1-2-7-15(11)17-10-12/h1-10,19H,(H,18,20). The van der Waals surface area contributed by atoms with Gasteiger partial charge >= 0.3 is 0 Å². The molecule has 98 valence electrons. The highest BCUT2D eigenvalue weighted by Gasteiger charge is 2.07. The summed E-state index contributed by atoms with van der Waals surface area (Å²) >= 11 is 0. The fourth-order valence-corrected chi connectivity index (χ4v) is 1.98. The predicted octanol–water partition coefficient (Wildman–Crippen LogP) is 3.19. The molecule has 0 aliphatic carbocycles. The molecule has 0 aliphatic rings. The van der Waals surface area contributed by atoms with Crippen molar-refractivity contribution in [3.8, 4) is 5.75 Å². The van der Waals surface area contributed by atoms with Crippen LogP contribution in [0.4, 0.5) is 5.69 Å². The van der Waals surface area contributed by atoms with Crippen LogP contribution in [0.5, 0.6) is 5.75 Å². The van der Waals surface area contributed by atoms with Crippen LogP contribution in [-0.2, 0) is 0 Å². The second kappa shape index (κ2) is 5.01. The third kappa shape index (κ3) is 2.44. The fourth-order valence-electron chi connectivity index (χ4n) is 1.98. The Hall–Kier alpha value is -2.88. The lowest BCUT2D eigenvalue weighted by Crippen LogP contribution is -2.12. The van der Waals surface area contributed by atoms with Crippen LogP contribution >= 0.6 is 0 Å². The summed E-state index contributed by atoms with van der Waals surface area (Å²) in [6, 6.07) is 15.8. The molecule has 0 unspecified atom stereocenters. The number of para-hydroxylation sites is 1. The summed E-state index contributed by atoms with van der Waals surface area (Å²) < 4.78 is 0. The maximum absolute atomic E-state index is 12.1. The molecule has 0 aliphatic heterocycles. The smallest absolute Gasteiger partial charge is 0.257 e. The maximum Gasteiger partial charge on any atom is 0.257 e. The number of anilines is 1. The molecule has 1 heterocycles. The lowest BCUT2D eigenvalue weighted by Gasteiger charge is -2.06. The number of pyridine rings is 1. The number of phenols is 1. The van der Waals surface area contributed by atoms with E-state index in [9.17, 15) is 9.90 Å². The molecule has 0 bridgehead atoms. The van der Waals surface area contributed by atoms with Gasteiger partial charge in [-0.25, -0.2) is 0 Å². The fraction of sp³-hybridized carbons (Fsp3) is 0. The first-order chi connectivity index (χ1) is 9.72. The van der Waals surface area contributed by atoms with Crippen LogP contribution in [0, 0.1) is 0 Å². The second-order valence-electron chi connectivity index (χ2n) is 4.42. The SMILES string of the molecule is O=C(Nc1cccc(O)c1)c1cnc2ccccc2c1. The summed E-state index contributed by atoms with van der Waals surface area (Å²) in [7, 11) is 0. The van der Waals surface area contributed by atoms with E-state index in [0.717, 1.165) is 10.9 Å². The Morgan fingerprint density at radius 1 is 1.05 bits per heavy atom. The Morgan fingerprint density at radius 2 is 1.90 bits per heavy atom. The van der Waals surface area contributed by atoms with Crippen molar-refractivity contribution >= 4 is 22.5 Å².